The summed E-state index contributed by atoms with van der Waals surface area (Å²) in [6.45, 7) is 6.44. The number of hydrogen-bond donors (Lipinski definition) is 1. The van der Waals surface area contributed by atoms with Gasteiger partial charge in [-0.2, -0.15) is 4.31 Å². The lowest BCUT2D eigenvalue weighted by molar-refractivity contribution is 0.182. The van der Waals surface area contributed by atoms with Crippen molar-refractivity contribution in [1.29, 1.82) is 0 Å². The number of nitrogens with one attached hydrogen (secondary N) is 1. The van der Waals surface area contributed by atoms with Crippen molar-refractivity contribution in [2.45, 2.75) is 24.8 Å². The van der Waals surface area contributed by atoms with E-state index in [1.165, 1.54) is 16.8 Å². The van der Waals surface area contributed by atoms with E-state index in [0.29, 0.717) is 18.0 Å². The summed E-state index contributed by atoms with van der Waals surface area (Å²) in [6.07, 6.45) is 1.09. The maximum Gasteiger partial charge on any atom is 0.243 e. The molecule has 138 valence electrons. The van der Waals surface area contributed by atoms with Crippen LogP contribution in [0.4, 0.5) is 5.69 Å². The predicted molar refractivity (Wildman–Crippen MR) is 104 cm³/mol. The van der Waals surface area contributed by atoms with Crippen LogP contribution in [0.3, 0.4) is 0 Å². The third-order valence-corrected chi connectivity index (χ3v) is 7.23. The van der Waals surface area contributed by atoms with E-state index in [0.717, 1.165) is 38.2 Å². The molecule has 0 spiro atoms. The van der Waals surface area contributed by atoms with Gasteiger partial charge in [-0.3, -0.25) is 4.90 Å². The lowest BCUT2D eigenvalue weighted by atomic mass is 10.1. The minimum atomic E-state index is -3.39. The topological polar surface area (TPSA) is 52.7 Å². The van der Waals surface area contributed by atoms with Gasteiger partial charge in [0.05, 0.1) is 4.90 Å². The second kappa shape index (κ2) is 7.02. The number of nitrogens with zero attached hydrogens (tertiary/aromatic N) is 2. The SMILES string of the molecule is Cc1ccc(S(=O)(=O)N2CCN(Cc3cccc4c3NCC4)CC2)cc1. The Balaban J connectivity index is 1.41. The largest absolute Gasteiger partial charge is 0.384 e. The Kier molecular flexibility index (Phi) is 4.73. The van der Waals surface area contributed by atoms with E-state index >= 15 is 0 Å². The van der Waals surface area contributed by atoms with Crippen LogP contribution in [0.1, 0.15) is 16.7 Å². The van der Waals surface area contributed by atoms with Gasteiger partial charge in [0.1, 0.15) is 0 Å². The van der Waals surface area contributed by atoms with Crippen LogP contribution >= 0.6 is 0 Å². The molecule has 0 radical (unpaired) electrons. The zero-order chi connectivity index (χ0) is 18.1. The van der Waals surface area contributed by atoms with Gasteiger partial charge in [-0.25, -0.2) is 8.42 Å². The quantitative estimate of drug-likeness (QED) is 0.897. The van der Waals surface area contributed by atoms with E-state index < -0.39 is 10.0 Å². The molecule has 2 aromatic rings. The Morgan fingerprint density at radius 3 is 2.46 bits per heavy atom. The zero-order valence-corrected chi connectivity index (χ0v) is 15.9. The number of hydrogen-bond acceptors (Lipinski definition) is 4. The summed E-state index contributed by atoms with van der Waals surface area (Å²) in [4.78, 5) is 2.73. The number of piperazine rings is 1. The third kappa shape index (κ3) is 3.37. The molecule has 6 heteroatoms. The van der Waals surface area contributed by atoms with Crippen LogP contribution in [0, 0.1) is 6.92 Å². The fourth-order valence-corrected chi connectivity index (χ4v) is 5.19. The Hall–Kier alpha value is -1.89. The van der Waals surface area contributed by atoms with E-state index in [-0.39, 0.29) is 0 Å². The lowest BCUT2D eigenvalue weighted by Crippen LogP contribution is -2.48. The Labute approximate surface area is 155 Å². The zero-order valence-electron chi connectivity index (χ0n) is 15.1. The van der Waals surface area contributed by atoms with Crippen LogP contribution in [0.5, 0.6) is 0 Å². The molecule has 0 aromatic heterocycles. The number of benzene rings is 2. The van der Waals surface area contributed by atoms with E-state index in [1.54, 1.807) is 16.4 Å². The minimum absolute atomic E-state index is 0.390. The van der Waals surface area contributed by atoms with Crippen LogP contribution in [-0.2, 0) is 23.0 Å². The van der Waals surface area contributed by atoms with Gasteiger partial charge < -0.3 is 5.32 Å². The summed E-state index contributed by atoms with van der Waals surface area (Å²) >= 11 is 0. The fraction of sp³-hybridized carbons (Fsp3) is 0.400. The van der Waals surface area contributed by atoms with Crippen molar-refractivity contribution in [2.24, 2.45) is 0 Å². The van der Waals surface area contributed by atoms with Gasteiger partial charge in [-0.15, -0.1) is 0 Å². The van der Waals surface area contributed by atoms with Gasteiger partial charge in [0.15, 0.2) is 0 Å². The molecule has 0 amide bonds. The van der Waals surface area contributed by atoms with Crippen molar-refractivity contribution in [3.8, 4) is 0 Å². The minimum Gasteiger partial charge on any atom is -0.384 e. The number of aryl methyl sites for hydroxylation is 1. The van der Waals surface area contributed by atoms with Gasteiger partial charge in [0.25, 0.3) is 0 Å². The molecule has 2 heterocycles. The molecule has 1 saturated heterocycles. The van der Waals surface area contributed by atoms with Gasteiger partial charge in [0.2, 0.25) is 10.0 Å². The molecule has 5 nitrogen and oxygen atoms in total. The molecule has 4 rings (SSSR count). The van der Waals surface area contributed by atoms with Gasteiger partial charge in [-0.1, -0.05) is 35.9 Å². The van der Waals surface area contributed by atoms with Crippen LogP contribution in [0.2, 0.25) is 0 Å². The van der Waals surface area contributed by atoms with Crippen molar-refractivity contribution >= 4 is 15.7 Å². The highest BCUT2D eigenvalue weighted by Crippen LogP contribution is 2.28. The molecule has 26 heavy (non-hydrogen) atoms. The summed E-state index contributed by atoms with van der Waals surface area (Å²) in [5, 5.41) is 3.48. The normalized spacial score (nSPS) is 18.5. The number of sulfonamides is 1. The first-order valence-corrected chi connectivity index (χ1v) is 10.6. The molecule has 0 aliphatic carbocycles. The number of rotatable bonds is 4. The maximum absolute atomic E-state index is 12.8. The molecule has 0 bridgehead atoms. The smallest absolute Gasteiger partial charge is 0.243 e. The number of para-hydroxylation sites is 1. The van der Waals surface area contributed by atoms with E-state index in [1.807, 2.05) is 19.1 Å². The second-order valence-corrected chi connectivity index (χ2v) is 9.06. The highest BCUT2D eigenvalue weighted by atomic mass is 32.2. The Bertz CT molecular complexity index is 886. The molecule has 2 aromatic carbocycles. The van der Waals surface area contributed by atoms with Crippen molar-refractivity contribution in [3.05, 3.63) is 59.2 Å². The van der Waals surface area contributed by atoms with Crippen LogP contribution < -0.4 is 5.32 Å². The Morgan fingerprint density at radius 1 is 1.00 bits per heavy atom. The average molecular weight is 372 g/mol. The first-order chi connectivity index (χ1) is 12.5. The molecule has 1 N–H and O–H groups in total. The molecule has 0 atom stereocenters. The number of fused-ring (bicyclic) bond motifs is 1. The molecule has 0 unspecified atom stereocenters. The van der Waals surface area contributed by atoms with Crippen LogP contribution in [-0.4, -0.2) is 50.3 Å². The molecule has 1 fully saturated rings. The van der Waals surface area contributed by atoms with Crippen LogP contribution in [0.15, 0.2) is 47.4 Å². The van der Waals surface area contributed by atoms with Crippen molar-refractivity contribution in [1.82, 2.24) is 9.21 Å². The van der Waals surface area contributed by atoms with Gasteiger partial charge in [0, 0.05) is 45.0 Å². The monoisotopic (exact) mass is 371 g/mol. The molecular formula is C20H25N3O2S. The maximum atomic E-state index is 12.8. The Morgan fingerprint density at radius 2 is 1.73 bits per heavy atom. The molecular weight excluding hydrogens is 346 g/mol. The highest BCUT2D eigenvalue weighted by Gasteiger charge is 2.28. The van der Waals surface area contributed by atoms with Crippen molar-refractivity contribution < 1.29 is 8.42 Å². The molecule has 2 aliphatic rings. The van der Waals surface area contributed by atoms with E-state index in [9.17, 15) is 8.42 Å². The first-order valence-electron chi connectivity index (χ1n) is 9.18. The van der Waals surface area contributed by atoms with E-state index in [4.69, 9.17) is 0 Å². The molecule has 2 aliphatic heterocycles. The summed E-state index contributed by atoms with van der Waals surface area (Å²) < 4.78 is 27.2. The van der Waals surface area contributed by atoms with Gasteiger partial charge in [-0.05, 0) is 36.6 Å². The standard InChI is InChI=1S/C20H25N3O2S/c1-16-5-7-19(8-6-16)26(24,25)23-13-11-22(12-14-23)15-18-4-2-3-17-9-10-21-20(17)18/h2-8,21H,9-15H2,1H3. The number of anilines is 1. The highest BCUT2D eigenvalue weighted by molar-refractivity contribution is 7.89. The molecule has 0 saturated carbocycles. The van der Waals surface area contributed by atoms with Crippen molar-refractivity contribution in [2.75, 3.05) is 38.0 Å². The second-order valence-electron chi connectivity index (χ2n) is 7.12. The summed E-state index contributed by atoms with van der Waals surface area (Å²) in [5.41, 5.74) is 5.05. The van der Waals surface area contributed by atoms with Crippen molar-refractivity contribution in [3.63, 3.8) is 0 Å². The lowest BCUT2D eigenvalue weighted by Gasteiger charge is -2.34. The predicted octanol–water partition coefficient (Wildman–Crippen LogP) is 2.47. The fourth-order valence-electron chi connectivity index (χ4n) is 3.77. The van der Waals surface area contributed by atoms with E-state index in [2.05, 4.69) is 28.4 Å². The summed E-state index contributed by atoms with van der Waals surface area (Å²) in [5.74, 6) is 0. The summed E-state index contributed by atoms with van der Waals surface area (Å²) in [6, 6.07) is 13.6. The average Bonchev–Trinajstić information content (AvgIpc) is 3.12. The summed E-state index contributed by atoms with van der Waals surface area (Å²) in [7, 11) is -3.39. The third-order valence-electron chi connectivity index (χ3n) is 5.32. The first kappa shape index (κ1) is 17.5. The van der Waals surface area contributed by atoms with Gasteiger partial charge >= 0.3 is 0 Å². The van der Waals surface area contributed by atoms with Crippen LogP contribution in [0.25, 0.3) is 0 Å².